The Balaban J connectivity index is 1.75. The van der Waals surface area contributed by atoms with Crippen molar-refractivity contribution in [2.75, 3.05) is 38.2 Å². The molecule has 0 bridgehead atoms. The average Bonchev–Trinajstić information content (AvgIpc) is 2.75. The lowest BCUT2D eigenvalue weighted by Gasteiger charge is -2.30. The van der Waals surface area contributed by atoms with E-state index in [4.69, 9.17) is 4.74 Å². The maximum absolute atomic E-state index is 12.6. The van der Waals surface area contributed by atoms with Gasteiger partial charge in [-0.15, -0.1) is 0 Å². The summed E-state index contributed by atoms with van der Waals surface area (Å²) in [4.78, 5) is 27.2. The van der Waals surface area contributed by atoms with Crippen LogP contribution in [0.4, 0.5) is 4.79 Å². The largest absolute Gasteiger partial charge is 0.445 e. The summed E-state index contributed by atoms with van der Waals surface area (Å²) in [5.41, 5.74) is 0.822. The highest BCUT2D eigenvalue weighted by Crippen LogP contribution is 2.15. The normalized spacial score (nSPS) is 18.0. The van der Waals surface area contributed by atoms with Gasteiger partial charge in [-0.05, 0) is 56.7 Å². The molecular formula is C23H37N3O5S. The molecule has 8 nitrogen and oxygen atoms in total. The monoisotopic (exact) mass is 467 g/mol. The van der Waals surface area contributed by atoms with Gasteiger partial charge in [-0.1, -0.05) is 37.3 Å². The molecule has 9 heteroatoms. The summed E-state index contributed by atoms with van der Waals surface area (Å²) in [5, 5.41) is 5.33. The van der Waals surface area contributed by atoms with Gasteiger partial charge in [0.25, 0.3) is 0 Å². The third-order valence-electron chi connectivity index (χ3n) is 5.54. The molecule has 2 atom stereocenters. The van der Waals surface area contributed by atoms with E-state index in [1.807, 2.05) is 30.3 Å². The fourth-order valence-electron chi connectivity index (χ4n) is 3.79. The van der Waals surface area contributed by atoms with Gasteiger partial charge in [0.2, 0.25) is 5.91 Å². The van der Waals surface area contributed by atoms with Crippen molar-refractivity contribution < 1.29 is 22.7 Å². The summed E-state index contributed by atoms with van der Waals surface area (Å²) in [7, 11) is -3.27. The second kappa shape index (κ2) is 13.4. The Labute approximate surface area is 192 Å². The molecule has 2 unspecified atom stereocenters. The number of hydrogen-bond acceptors (Lipinski definition) is 6. The van der Waals surface area contributed by atoms with Gasteiger partial charge in [0.15, 0.2) is 0 Å². The SMILES string of the molecule is CC1CCCN(CCCCNC(=O)C(CCS(C)(=O)=O)NC(=O)OCc2ccccc2)C1. The van der Waals surface area contributed by atoms with E-state index in [1.165, 1.54) is 12.8 Å². The summed E-state index contributed by atoms with van der Waals surface area (Å²) in [6, 6.07) is 8.23. The summed E-state index contributed by atoms with van der Waals surface area (Å²) in [5.74, 6) is 0.153. The standard InChI is InChI=1S/C23H37N3O5S/c1-19-9-8-15-26(17-19)14-7-6-13-24-22(27)21(12-16-32(2,29)30)25-23(28)31-18-20-10-4-3-5-11-20/h3-5,10-11,19,21H,6-9,12-18H2,1-2H3,(H,24,27)(H,25,28). The van der Waals surface area contributed by atoms with Gasteiger partial charge in [-0.25, -0.2) is 13.2 Å². The van der Waals surface area contributed by atoms with Crippen molar-refractivity contribution in [1.82, 2.24) is 15.5 Å². The lowest BCUT2D eigenvalue weighted by Crippen LogP contribution is -2.48. The molecule has 1 aliphatic rings. The third kappa shape index (κ3) is 10.9. The van der Waals surface area contributed by atoms with Crippen LogP contribution < -0.4 is 10.6 Å². The van der Waals surface area contributed by atoms with Crippen LogP contribution in [-0.4, -0.2) is 69.5 Å². The van der Waals surface area contributed by atoms with Crippen LogP contribution in [0, 0.1) is 5.92 Å². The quantitative estimate of drug-likeness (QED) is 0.457. The highest BCUT2D eigenvalue weighted by molar-refractivity contribution is 7.90. The number of carbonyl (C=O) groups is 2. The smallest absolute Gasteiger partial charge is 0.408 e. The molecule has 180 valence electrons. The fraction of sp³-hybridized carbons (Fsp3) is 0.652. The van der Waals surface area contributed by atoms with Crippen LogP contribution in [0.1, 0.15) is 44.6 Å². The molecular weight excluding hydrogens is 430 g/mol. The second-order valence-electron chi connectivity index (χ2n) is 8.72. The van der Waals surface area contributed by atoms with Crippen molar-refractivity contribution in [3.05, 3.63) is 35.9 Å². The van der Waals surface area contributed by atoms with Gasteiger partial charge in [0, 0.05) is 19.3 Å². The molecule has 0 saturated carbocycles. The Morgan fingerprint density at radius 2 is 1.97 bits per heavy atom. The minimum atomic E-state index is -3.27. The Hall–Kier alpha value is -2.13. The number of nitrogens with one attached hydrogen (secondary N) is 2. The van der Waals surface area contributed by atoms with E-state index < -0.39 is 27.9 Å². The molecule has 1 aromatic rings. The van der Waals surface area contributed by atoms with Crippen molar-refractivity contribution in [3.8, 4) is 0 Å². The number of unbranched alkanes of at least 4 members (excludes halogenated alkanes) is 1. The lowest BCUT2D eigenvalue weighted by molar-refractivity contribution is -0.123. The van der Waals surface area contributed by atoms with Crippen molar-refractivity contribution in [1.29, 1.82) is 0 Å². The number of benzene rings is 1. The number of piperidine rings is 1. The number of hydrogen-bond donors (Lipinski definition) is 2. The van der Waals surface area contributed by atoms with Gasteiger partial charge in [-0.2, -0.15) is 0 Å². The third-order valence-corrected chi connectivity index (χ3v) is 6.52. The van der Waals surface area contributed by atoms with Crippen molar-refractivity contribution in [2.24, 2.45) is 5.92 Å². The van der Waals surface area contributed by atoms with E-state index in [0.717, 1.165) is 50.2 Å². The van der Waals surface area contributed by atoms with Crippen LogP contribution in [0.2, 0.25) is 0 Å². The van der Waals surface area contributed by atoms with Gasteiger partial charge in [0.05, 0.1) is 5.75 Å². The van der Waals surface area contributed by atoms with E-state index >= 15 is 0 Å². The molecule has 0 spiro atoms. The first-order chi connectivity index (χ1) is 15.2. The number of rotatable bonds is 12. The zero-order chi connectivity index (χ0) is 23.4. The number of amides is 2. The fourth-order valence-corrected chi connectivity index (χ4v) is 4.46. The van der Waals surface area contributed by atoms with Gasteiger partial charge in [-0.3, -0.25) is 4.79 Å². The molecule has 0 aromatic heterocycles. The molecule has 1 fully saturated rings. The number of nitrogens with zero attached hydrogens (tertiary/aromatic N) is 1. The topological polar surface area (TPSA) is 105 Å². The minimum Gasteiger partial charge on any atom is -0.445 e. The number of alkyl carbamates (subject to hydrolysis) is 1. The number of ether oxygens (including phenoxy) is 1. The molecule has 0 aliphatic carbocycles. The molecule has 1 saturated heterocycles. The first-order valence-electron chi connectivity index (χ1n) is 11.4. The summed E-state index contributed by atoms with van der Waals surface area (Å²) < 4.78 is 28.3. The highest BCUT2D eigenvalue weighted by atomic mass is 32.2. The molecule has 0 radical (unpaired) electrons. The van der Waals surface area contributed by atoms with Gasteiger partial charge in [0.1, 0.15) is 22.5 Å². The van der Waals surface area contributed by atoms with Crippen LogP contribution in [0.15, 0.2) is 30.3 Å². The van der Waals surface area contributed by atoms with Crippen LogP contribution in [0.5, 0.6) is 0 Å². The highest BCUT2D eigenvalue weighted by Gasteiger charge is 2.23. The number of carbonyl (C=O) groups excluding carboxylic acids is 2. The van der Waals surface area contributed by atoms with Crippen molar-refractivity contribution in [2.45, 2.75) is 51.7 Å². The van der Waals surface area contributed by atoms with Crippen LogP contribution in [-0.2, 0) is 26.0 Å². The Kier molecular flexibility index (Phi) is 11.0. The molecule has 1 heterocycles. The molecule has 1 aliphatic heterocycles. The molecule has 2 N–H and O–H groups in total. The molecule has 2 rings (SSSR count). The minimum absolute atomic E-state index is 0.00320. The zero-order valence-corrected chi connectivity index (χ0v) is 20.0. The molecule has 1 aromatic carbocycles. The maximum Gasteiger partial charge on any atom is 0.408 e. The van der Waals surface area contributed by atoms with E-state index in [2.05, 4.69) is 22.5 Å². The Morgan fingerprint density at radius 1 is 1.22 bits per heavy atom. The van der Waals surface area contributed by atoms with Crippen molar-refractivity contribution >= 4 is 21.8 Å². The van der Waals surface area contributed by atoms with E-state index in [9.17, 15) is 18.0 Å². The summed E-state index contributed by atoms with van der Waals surface area (Å²) in [6.07, 6.45) is 4.70. The number of likely N-dealkylation sites (tertiary alicyclic amines) is 1. The Morgan fingerprint density at radius 3 is 2.66 bits per heavy atom. The van der Waals surface area contributed by atoms with Crippen LogP contribution >= 0.6 is 0 Å². The molecule has 2 amide bonds. The predicted octanol–water partition coefficient (Wildman–Crippen LogP) is 2.34. The van der Waals surface area contributed by atoms with Gasteiger partial charge >= 0.3 is 6.09 Å². The summed E-state index contributed by atoms with van der Waals surface area (Å²) in [6.45, 7) is 6.12. The van der Waals surface area contributed by atoms with Crippen molar-refractivity contribution in [3.63, 3.8) is 0 Å². The first kappa shape index (κ1) is 26.1. The first-order valence-corrected chi connectivity index (χ1v) is 13.4. The molecule has 32 heavy (non-hydrogen) atoms. The second-order valence-corrected chi connectivity index (χ2v) is 11.0. The number of sulfone groups is 1. The van der Waals surface area contributed by atoms with Gasteiger partial charge < -0.3 is 20.3 Å². The lowest BCUT2D eigenvalue weighted by atomic mass is 10.0. The predicted molar refractivity (Wildman–Crippen MR) is 125 cm³/mol. The maximum atomic E-state index is 12.6. The van der Waals surface area contributed by atoms with Crippen LogP contribution in [0.3, 0.4) is 0 Å². The van der Waals surface area contributed by atoms with E-state index in [0.29, 0.717) is 6.54 Å². The van der Waals surface area contributed by atoms with E-state index in [-0.39, 0.29) is 18.8 Å². The Bertz CT molecular complexity index is 816. The zero-order valence-electron chi connectivity index (χ0n) is 19.2. The summed E-state index contributed by atoms with van der Waals surface area (Å²) >= 11 is 0. The average molecular weight is 468 g/mol. The van der Waals surface area contributed by atoms with E-state index in [1.54, 1.807) is 0 Å². The van der Waals surface area contributed by atoms with Crippen LogP contribution in [0.25, 0.3) is 0 Å².